The number of anilines is 2. The van der Waals surface area contributed by atoms with Crippen LogP contribution in [-0.4, -0.2) is 108 Å². The van der Waals surface area contributed by atoms with Gasteiger partial charge in [0.2, 0.25) is 5.95 Å². The van der Waals surface area contributed by atoms with Crippen molar-refractivity contribution in [3.63, 3.8) is 0 Å². The summed E-state index contributed by atoms with van der Waals surface area (Å²) in [6, 6.07) is 0. The molecule has 2 unspecified atom stereocenters. The Bertz CT molecular complexity index is 1910. The number of ether oxygens (including phenoxy) is 2. The molecule has 46 heavy (non-hydrogen) atoms. The number of aromatic nitrogens is 8. The smallest absolute Gasteiger partial charge is 0.387 e. The van der Waals surface area contributed by atoms with Crippen LogP contribution in [0.4, 0.5) is 11.8 Å². The first kappa shape index (κ1) is 32.5. The van der Waals surface area contributed by atoms with Gasteiger partial charge in [0.1, 0.15) is 36.3 Å². The maximum absolute atomic E-state index is 13.2. The number of nitrogens with zero attached hydrogens (tertiary/aromatic N) is 7. The van der Waals surface area contributed by atoms with E-state index in [2.05, 4.69) is 34.4 Å². The van der Waals surface area contributed by atoms with Gasteiger partial charge in [-0.1, -0.05) is 6.92 Å². The number of hydrogen-bond acceptors (Lipinski definition) is 17. The highest BCUT2D eigenvalue weighted by atomic mass is 31.2. The van der Waals surface area contributed by atoms with Crippen molar-refractivity contribution < 1.29 is 57.1 Å². The molecule has 6 rings (SSSR count). The molecule has 10 N–H and O–H groups in total. The number of aliphatic hydroxyl groups is 2. The number of nitrogen functional groups attached to an aromatic ring is 2. The van der Waals surface area contributed by atoms with Gasteiger partial charge in [0.05, 0.1) is 32.0 Å². The summed E-state index contributed by atoms with van der Waals surface area (Å²) in [7, 11) is -9.93. The maximum Gasteiger partial charge on any atom is 0.472 e. The topological polar surface area (TPSA) is 341 Å². The second-order valence-electron chi connectivity index (χ2n) is 10.4. The molecule has 6 heterocycles. The third-order valence-electron chi connectivity index (χ3n) is 7.49. The number of imidazole rings is 2. The fourth-order valence-corrected chi connectivity index (χ4v) is 6.56. The number of H-pyrrole nitrogens is 1. The van der Waals surface area contributed by atoms with Crippen molar-refractivity contribution in [3.8, 4) is 0 Å². The molecule has 0 radical (unpaired) electrons. The lowest BCUT2D eigenvalue weighted by Gasteiger charge is -2.25. The van der Waals surface area contributed by atoms with Gasteiger partial charge in [0.15, 0.2) is 35.1 Å². The third kappa shape index (κ3) is 6.15. The van der Waals surface area contributed by atoms with Crippen LogP contribution in [0.1, 0.15) is 19.4 Å². The lowest BCUT2D eigenvalue weighted by atomic mass is 10.0. The molecule has 250 valence electrons. The number of aromatic amines is 1. The molecule has 0 aromatic carbocycles. The number of phosphoric acid groups is 2. The summed E-state index contributed by atoms with van der Waals surface area (Å²) in [4.78, 5) is 63.5. The largest absolute Gasteiger partial charge is 0.472 e. The summed E-state index contributed by atoms with van der Waals surface area (Å²) in [5.74, 6) is -1.03. The number of nitrogens with two attached hydrogens (primary N) is 2. The van der Waals surface area contributed by atoms with Crippen LogP contribution in [0.2, 0.25) is 0 Å². The Labute approximate surface area is 255 Å². The van der Waals surface area contributed by atoms with Gasteiger partial charge < -0.3 is 45.8 Å². The summed E-state index contributed by atoms with van der Waals surface area (Å²) in [6.45, 7) is 0.145. The number of rotatable bonds is 10. The van der Waals surface area contributed by atoms with Gasteiger partial charge in [-0.2, -0.15) is 4.98 Å². The fraction of sp³-hybridized carbons (Fsp3) is 0.524. The number of phosphoric ester groups is 2. The van der Waals surface area contributed by atoms with Crippen molar-refractivity contribution >= 4 is 49.7 Å². The molecule has 2 aliphatic rings. The molecule has 25 heteroatoms. The van der Waals surface area contributed by atoms with E-state index in [1.807, 2.05) is 0 Å². The molecule has 23 nitrogen and oxygen atoms in total. The van der Waals surface area contributed by atoms with E-state index in [-0.39, 0.29) is 34.1 Å². The summed E-state index contributed by atoms with van der Waals surface area (Å²) >= 11 is 0. The molecule has 2 fully saturated rings. The van der Waals surface area contributed by atoms with Crippen LogP contribution in [0.15, 0.2) is 23.8 Å². The average molecular weight is 690 g/mol. The van der Waals surface area contributed by atoms with Gasteiger partial charge in [-0.15, -0.1) is 0 Å². The zero-order valence-corrected chi connectivity index (χ0v) is 25.2. The van der Waals surface area contributed by atoms with Gasteiger partial charge in [-0.25, -0.2) is 29.1 Å². The minimum absolute atomic E-state index is 0.0372. The van der Waals surface area contributed by atoms with E-state index in [4.69, 9.17) is 30.0 Å². The Balaban J connectivity index is 1.20. The SMILES string of the molecule is C[C@@H]1C(OP(=O)(O)OC[C@H]2O[C@@H](n3cnc4c(=O)[nH]c(N)nc43)[C@@H](O)[C@H]2O)[C@H](n2cnc3c(N)ncnc32)O[C@@H]1COP(=O)(O)O. The minimum atomic E-state index is -5.03. The Morgan fingerprint density at radius 2 is 1.57 bits per heavy atom. The highest BCUT2D eigenvalue weighted by Gasteiger charge is 2.50. The van der Waals surface area contributed by atoms with E-state index in [1.165, 1.54) is 17.8 Å². The Kier molecular flexibility index (Phi) is 8.46. The average Bonchev–Trinajstić information content (AvgIpc) is 3.73. The normalized spacial score (nSPS) is 30.0. The van der Waals surface area contributed by atoms with Crippen molar-refractivity contribution in [1.82, 2.24) is 39.0 Å². The fourth-order valence-electron chi connectivity index (χ4n) is 5.22. The molecule has 4 aromatic heterocycles. The first-order valence-electron chi connectivity index (χ1n) is 13.3. The Morgan fingerprint density at radius 1 is 0.913 bits per heavy atom. The minimum Gasteiger partial charge on any atom is -0.387 e. The zero-order valence-electron chi connectivity index (χ0n) is 23.4. The van der Waals surface area contributed by atoms with Crippen molar-refractivity contribution in [1.29, 1.82) is 0 Å². The van der Waals surface area contributed by atoms with E-state index in [0.29, 0.717) is 0 Å². The van der Waals surface area contributed by atoms with Crippen LogP contribution in [0, 0.1) is 5.92 Å². The van der Waals surface area contributed by atoms with Crippen molar-refractivity contribution in [3.05, 3.63) is 29.3 Å². The van der Waals surface area contributed by atoms with E-state index in [0.717, 1.165) is 17.2 Å². The summed E-state index contributed by atoms with van der Waals surface area (Å²) in [5, 5.41) is 21.3. The number of nitrogens with one attached hydrogen (secondary N) is 1. The molecule has 0 bridgehead atoms. The van der Waals surface area contributed by atoms with Crippen LogP contribution in [0.5, 0.6) is 0 Å². The van der Waals surface area contributed by atoms with E-state index >= 15 is 0 Å². The standard InChI is InChI=1S/C21H28N10O13P2/c1-7-8(2-40-45(35,36)37)42-20(30-5-26-10-15(22)24-4-25-16(10)30)14(7)44-46(38,39)41-3-9-12(32)13(33)19(43-9)31-6-27-11-17(31)28-21(23)29-18(11)34/h4-9,12-14,19-20,32-33H,2-3H2,1H3,(H,38,39)(H2,22,24,25)(H2,35,36,37)(H3,23,28,29,34)/t7-,8+,9+,12-,13-,14?,19+,20+/m0/s1. The second-order valence-corrected chi connectivity index (χ2v) is 13.1. The van der Waals surface area contributed by atoms with E-state index < -0.39 is 83.3 Å². The van der Waals surface area contributed by atoms with Crippen LogP contribution in [-0.2, 0) is 32.2 Å². The highest BCUT2D eigenvalue weighted by Crippen LogP contribution is 2.52. The van der Waals surface area contributed by atoms with E-state index in [9.17, 15) is 38.8 Å². The lowest BCUT2D eigenvalue weighted by molar-refractivity contribution is -0.0613. The Morgan fingerprint density at radius 3 is 2.28 bits per heavy atom. The number of fused-ring (bicyclic) bond motifs is 2. The molecular weight excluding hydrogens is 662 g/mol. The van der Waals surface area contributed by atoms with Crippen LogP contribution in [0.3, 0.4) is 0 Å². The molecule has 2 aliphatic heterocycles. The van der Waals surface area contributed by atoms with Crippen LogP contribution >= 0.6 is 15.6 Å². The summed E-state index contributed by atoms with van der Waals surface area (Å²) < 4.78 is 53.9. The molecule has 0 spiro atoms. The predicted octanol–water partition coefficient (Wildman–Crippen LogP) is -2.11. The van der Waals surface area contributed by atoms with Crippen molar-refractivity contribution in [2.24, 2.45) is 5.92 Å². The highest BCUT2D eigenvalue weighted by molar-refractivity contribution is 7.47. The Hall–Kier alpha value is -3.44. The van der Waals surface area contributed by atoms with Gasteiger partial charge in [-0.3, -0.25) is 32.5 Å². The predicted molar refractivity (Wildman–Crippen MR) is 150 cm³/mol. The molecule has 0 saturated carbocycles. The summed E-state index contributed by atoms with van der Waals surface area (Å²) in [5.41, 5.74) is 11.0. The van der Waals surface area contributed by atoms with Gasteiger partial charge in [-0.05, 0) is 0 Å². The first-order valence-corrected chi connectivity index (χ1v) is 16.3. The van der Waals surface area contributed by atoms with Gasteiger partial charge in [0.25, 0.3) is 5.56 Å². The zero-order chi connectivity index (χ0) is 33.1. The molecule has 4 aromatic rings. The molecule has 2 saturated heterocycles. The van der Waals surface area contributed by atoms with Gasteiger partial charge >= 0.3 is 15.6 Å². The lowest BCUT2D eigenvalue weighted by Crippen LogP contribution is -2.34. The van der Waals surface area contributed by atoms with Crippen LogP contribution < -0.4 is 17.0 Å². The number of hydrogen-bond donors (Lipinski definition) is 8. The second kappa shape index (κ2) is 12.0. The molecule has 0 amide bonds. The molecule has 9 atom stereocenters. The van der Waals surface area contributed by atoms with Gasteiger partial charge in [0, 0.05) is 5.92 Å². The molecule has 0 aliphatic carbocycles. The number of aliphatic hydroxyl groups excluding tert-OH is 2. The quantitative estimate of drug-likeness (QED) is 0.0825. The molecular formula is C21H28N10O13P2. The summed E-state index contributed by atoms with van der Waals surface area (Å²) in [6.07, 6.45) is -6.04. The monoisotopic (exact) mass is 690 g/mol. The van der Waals surface area contributed by atoms with Crippen molar-refractivity contribution in [2.75, 3.05) is 24.7 Å². The maximum atomic E-state index is 13.2. The van der Waals surface area contributed by atoms with Crippen LogP contribution in [0.25, 0.3) is 22.3 Å². The van der Waals surface area contributed by atoms with Crippen molar-refractivity contribution in [2.45, 2.75) is 49.9 Å². The van der Waals surface area contributed by atoms with E-state index in [1.54, 1.807) is 0 Å². The third-order valence-corrected chi connectivity index (χ3v) is 8.96. The first-order chi connectivity index (χ1) is 21.6.